The van der Waals surface area contributed by atoms with Crippen molar-refractivity contribution in [2.75, 3.05) is 12.4 Å². The van der Waals surface area contributed by atoms with Gasteiger partial charge >= 0.3 is 18.1 Å². The van der Waals surface area contributed by atoms with Gasteiger partial charge in [-0.3, -0.25) is 9.59 Å². The van der Waals surface area contributed by atoms with E-state index in [9.17, 15) is 32.7 Å². The fraction of sp³-hybridized carbons (Fsp3) is 0.286. The Hall–Kier alpha value is -2.92. The number of carbonyl (C=O) groups excluding carboxylic acids is 2. The third kappa shape index (κ3) is 7.57. The van der Waals surface area contributed by atoms with E-state index in [0.29, 0.717) is 17.8 Å². The summed E-state index contributed by atoms with van der Waals surface area (Å²) in [6, 6.07) is 6.07. The number of carbonyl (C=O) groups is 3. The van der Waals surface area contributed by atoms with Crippen molar-refractivity contribution in [3.05, 3.63) is 52.5 Å². The van der Waals surface area contributed by atoms with Crippen LogP contribution < -0.4 is 9.47 Å². The normalized spacial score (nSPS) is 12.1. The first-order valence-corrected chi connectivity index (χ1v) is 10.7. The highest BCUT2D eigenvalue weighted by atomic mass is 35.5. The van der Waals surface area contributed by atoms with Crippen LogP contribution in [0.15, 0.2) is 36.4 Å². The van der Waals surface area contributed by atoms with Crippen LogP contribution in [-0.2, 0) is 20.5 Å². The maximum Gasteiger partial charge on any atom is 0.416 e. The number of carboxylic acid groups (broad SMARTS) is 1. The fourth-order valence-electron chi connectivity index (χ4n) is 2.42. The molecular weight excluding hydrogens is 489 g/mol. The van der Waals surface area contributed by atoms with E-state index in [-0.39, 0.29) is 40.2 Å². The molecule has 0 aromatic heterocycles. The molecule has 178 valence electrons. The van der Waals surface area contributed by atoms with Gasteiger partial charge in [0.05, 0.1) is 22.9 Å². The minimum absolute atomic E-state index is 0.00971. The van der Waals surface area contributed by atoms with Gasteiger partial charge in [-0.25, -0.2) is 4.79 Å². The van der Waals surface area contributed by atoms with Crippen LogP contribution in [0.5, 0.6) is 17.2 Å². The Balaban J connectivity index is 2.20. The van der Waals surface area contributed by atoms with Crippen LogP contribution in [0.25, 0.3) is 0 Å². The van der Waals surface area contributed by atoms with Crippen molar-refractivity contribution in [1.82, 2.24) is 0 Å². The van der Waals surface area contributed by atoms with Gasteiger partial charge in [0, 0.05) is 6.07 Å². The Morgan fingerprint density at radius 2 is 1.82 bits per heavy atom. The highest BCUT2D eigenvalue weighted by Crippen LogP contribution is 2.37. The SMILES string of the molecule is CCOC(=O)CSC(=O)C(C)Oc1cc(Oc2ccc(C(F)(F)F)cc2Cl)ccc1C(=O)O. The Morgan fingerprint density at radius 1 is 1.12 bits per heavy atom. The van der Waals surface area contributed by atoms with Gasteiger partial charge in [-0.2, -0.15) is 13.2 Å². The van der Waals surface area contributed by atoms with Crippen molar-refractivity contribution in [3.8, 4) is 17.2 Å². The molecule has 12 heteroatoms. The number of thioether (sulfide) groups is 1. The first kappa shape index (κ1) is 26.3. The number of hydrogen-bond donors (Lipinski definition) is 1. The van der Waals surface area contributed by atoms with Crippen molar-refractivity contribution >= 4 is 40.4 Å². The molecule has 0 radical (unpaired) electrons. The summed E-state index contributed by atoms with van der Waals surface area (Å²) in [5.41, 5.74) is -1.24. The third-order valence-electron chi connectivity index (χ3n) is 3.94. The molecule has 2 aromatic carbocycles. The molecular formula is C21H18ClF3O7S. The first-order chi connectivity index (χ1) is 15.4. The van der Waals surface area contributed by atoms with Crippen LogP contribution in [0, 0.1) is 0 Å². The second-order valence-corrected chi connectivity index (χ2v) is 7.77. The predicted octanol–water partition coefficient (Wildman–Crippen LogP) is 5.44. The molecule has 0 spiro atoms. The van der Waals surface area contributed by atoms with Crippen molar-refractivity contribution in [2.45, 2.75) is 26.1 Å². The highest BCUT2D eigenvalue weighted by molar-refractivity contribution is 8.14. The maximum absolute atomic E-state index is 12.8. The molecule has 1 unspecified atom stereocenters. The van der Waals surface area contributed by atoms with Gasteiger partial charge in [0.1, 0.15) is 22.8 Å². The van der Waals surface area contributed by atoms with Crippen molar-refractivity contribution in [3.63, 3.8) is 0 Å². The van der Waals surface area contributed by atoms with Crippen LogP contribution in [0.4, 0.5) is 13.2 Å². The first-order valence-electron chi connectivity index (χ1n) is 9.33. The summed E-state index contributed by atoms with van der Waals surface area (Å²) in [7, 11) is 0. The molecule has 2 rings (SSSR count). The van der Waals surface area contributed by atoms with Gasteiger partial charge in [-0.15, -0.1) is 0 Å². The summed E-state index contributed by atoms with van der Waals surface area (Å²) in [4.78, 5) is 35.1. The summed E-state index contributed by atoms with van der Waals surface area (Å²) in [5.74, 6) is -2.48. The number of ether oxygens (including phenoxy) is 3. The van der Waals surface area contributed by atoms with Crippen molar-refractivity contribution in [2.24, 2.45) is 0 Å². The summed E-state index contributed by atoms with van der Waals surface area (Å²) < 4.78 is 54.1. The number of alkyl halides is 3. The average Bonchev–Trinajstić information content (AvgIpc) is 2.72. The minimum Gasteiger partial charge on any atom is -0.481 e. The molecule has 0 fully saturated rings. The molecule has 0 bridgehead atoms. The standard InChI is InChI=1S/C21H18ClF3O7S/c1-3-30-18(26)10-33-20(29)11(2)31-17-9-13(5-6-14(17)19(27)28)32-16-7-4-12(8-15(16)22)21(23,24)25/h4-9,11H,3,10H2,1-2H3,(H,27,28). The predicted molar refractivity (Wildman–Crippen MR) is 114 cm³/mol. The van der Waals surface area contributed by atoms with E-state index in [0.717, 1.165) is 24.3 Å². The number of hydrogen-bond acceptors (Lipinski definition) is 7. The topological polar surface area (TPSA) is 99.1 Å². The molecule has 1 N–H and O–H groups in total. The highest BCUT2D eigenvalue weighted by Gasteiger charge is 2.31. The van der Waals surface area contributed by atoms with Crippen LogP contribution in [0.1, 0.15) is 29.8 Å². The van der Waals surface area contributed by atoms with Crippen LogP contribution in [0.2, 0.25) is 5.02 Å². The number of esters is 1. The van der Waals surface area contributed by atoms with Crippen LogP contribution in [-0.4, -0.2) is 40.6 Å². The van der Waals surface area contributed by atoms with Crippen molar-refractivity contribution < 1.29 is 46.9 Å². The largest absolute Gasteiger partial charge is 0.481 e. The number of halogens is 4. The number of carboxylic acids is 1. The Labute approximate surface area is 195 Å². The molecule has 0 heterocycles. The zero-order chi connectivity index (χ0) is 24.8. The lowest BCUT2D eigenvalue weighted by atomic mass is 10.2. The monoisotopic (exact) mass is 506 g/mol. The van der Waals surface area contributed by atoms with Crippen molar-refractivity contribution in [1.29, 1.82) is 0 Å². The smallest absolute Gasteiger partial charge is 0.416 e. The number of aromatic carboxylic acids is 1. The van der Waals surface area contributed by atoms with E-state index < -0.39 is 34.9 Å². The fourth-order valence-corrected chi connectivity index (χ4v) is 3.26. The molecule has 0 aliphatic carbocycles. The molecule has 0 aliphatic heterocycles. The summed E-state index contributed by atoms with van der Waals surface area (Å²) in [5, 5.41) is 8.53. The molecule has 33 heavy (non-hydrogen) atoms. The summed E-state index contributed by atoms with van der Waals surface area (Å²) in [6.07, 6.45) is -5.72. The Kier molecular flexibility index (Phi) is 9.00. The summed E-state index contributed by atoms with van der Waals surface area (Å²) >= 11 is 6.53. The minimum atomic E-state index is -4.58. The summed E-state index contributed by atoms with van der Waals surface area (Å²) in [6.45, 7) is 3.15. The van der Waals surface area contributed by atoms with Gasteiger partial charge in [-0.1, -0.05) is 23.4 Å². The molecule has 0 saturated carbocycles. The van der Waals surface area contributed by atoms with E-state index in [2.05, 4.69) is 0 Å². The lowest BCUT2D eigenvalue weighted by Crippen LogP contribution is -2.23. The molecule has 2 aromatic rings. The zero-order valence-electron chi connectivity index (χ0n) is 17.3. The van der Waals surface area contributed by atoms with Gasteiger partial charge in [0.15, 0.2) is 6.10 Å². The van der Waals surface area contributed by atoms with E-state index in [4.69, 9.17) is 25.8 Å². The lowest BCUT2D eigenvalue weighted by Gasteiger charge is -2.16. The quantitative estimate of drug-likeness (QED) is 0.449. The zero-order valence-corrected chi connectivity index (χ0v) is 18.8. The van der Waals surface area contributed by atoms with Crippen LogP contribution in [0.3, 0.4) is 0 Å². The van der Waals surface area contributed by atoms with E-state index in [1.54, 1.807) is 6.92 Å². The Bertz CT molecular complexity index is 1040. The van der Waals surface area contributed by atoms with E-state index >= 15 is 0 Å². The average molecular weight is 507 g/mol. The molecule has 0 aliphatic rings. The second kappa shape index (κ2) is 11.3. The van der Waals surface area contributed by atoms with Gasteiger partial charge in [0.2, 0.25) is 5.12 Å². The van der Waals surface area contributed by atoms with Gasteiger partial charge in [0.25, 0.3) is 0 Å². The van der Waals surface area contributed by atoms with E-state index in [1.807, 2.05) is 0 Å². The Morgan fingerprint density at radius 3 is 2.39 bits per heavy atom. The van der Waals surface area contributed by atoms with E-state index in [1.165, 1.54) is 13.0 Å². The number of benzene rings is 2. The molecule has 1 atom stereocenters. The molecule has 0 saturated heterocycles. The lowest BCUT2D eigenvalue weighted by molar-refractivity contribution is -0.140. The molecule has 7 nitrogen and oxygen atoms in total. The third-order valence-corrected chi connectivity index (χ3v) is 5.24. The number of rotatable bonds is 9. The van der Waals surface area contributed by atoms with Gasteiger partial charge < -0.3 is 19.3 Å². The van der Waals surface area contributed by atoms with Crippen LogP contribution >= 0.6 is 23.4 Å². The maximum atomic E-state index is 12.8. The second-order valence-electron chi connectivity index (χ2n) is 6.38. The molecule has 0 amide bonds. The van der Waals surface area contributed by atoms with Gasteiger partial charge in [-0.05, 0) is 44.2 Å².